The molecule has 21 heavy (non-hydrogen) atoms. The molecule has 0 unspecified atom stereocenters. The van der Waals surface area contributed by atoms with Gasteiger partial charge in [0.15, 0.2) is 0 Å². The topological polar surface area (TPSA) is 71.3 Å². The highest BCUT2D eigenvalue weighted by Gasteiger charge is 2.19. The number of anilines is 1. The van der Waals surface area contributed by atoms with Crippen LogP contribution in [0.3, 0.4) is 0 Å². The van der Waals surface area contributed by atoms with E-state index in [1.165, 1.54) is 12.1 Å². The van der Waals surface area contributed by atoms with Crippen molar-refractivity contribution in [1.82, 2.24) is 4.57 Å². The van der Waals surface area contributed by atoms with Gasteiger partial charge in [-0.1, -0.05) is 6.07 Å². The zero-order valence-electron chi connectivity index (χ0n) is 11.1. The third kappa shape index (κ3) is 3.13. The summed E-state index contributed by atoms with van der Waals surface area (Å²) in [6.45, 7) is 2.41. The average Bonchev–Trinajstić information content (AvgIpc) is 2.82. The lowest BCUT2D eigenvalue weighted by Crippen LogP contribution is -2.19. The molecule has 7 heteroatoms. The van der Waals surface area contributed by atoms with Crippen molar-refractivity contribution in [1.29, 1.82) is 0 Å². The molecule has 0 aliphatic rings. The van der Waals surface area contributed by atoms with E-state index in [0.29, 0.717) is 16.7 Å². The molecule has 0 bridgehead atoms. The first-order valence-corrected chi connectivity index (χ1v) is 6.92. The van der Waals surface area contributed by atoms with Gasteiger partial charge in [0.1, 0.15) is 11.5 Å². The summed E-state index contributed by atoms with van der Waals surface area (Å²) in [6, 6.07) is 5.19. The number of nitrogens with zero attached hydrogens (tertiary/aromatic N) is 1. The molecular formula is C14H12BrFN2O3. The molecule has 2 aromatic rings. The monoisotopic (exact) mass is 354 g/mol. The normalized spacial score (nSPS) is 10.4. The number of carboxylic acid groups (broad SMARTS) is 1. The summed E-state index contributed by atoms with van der Waals surface area (Å²) >= 11 is 3.26. The summed E-state index contributed by atoms with van der Waals surface area (Å²) in [5.41, 5.74) is -0.323. The number of halogens is 2. The zero-order chi connectivity index (χ0) is 15.6. The summed E-state index contributed by atoms with van der Waals surface area (Å²) in [6.07, 6.45) is 1.72. The molecular weight excluding hydrogens is 343 g/mol. The first kappa shape index (κ1) is 15.2. The van der Waals surface area contributed by atoms with Crippen LogP contribution in [0.15, 0.2) is 34.9 Å². The SMILES string of the molecule is CCn1cc(Br)cc1C(=O)Nc1c(F)cccc1C(=O)O. The number of para-hydroxylation sites is 1. The van der Waals surface area contributed by atoms with Gasteiger partial charge < -0.3 is 15.0 Å². The van der Waals surface area contributed by atoms with E-state index in [1.807, 2.05) is 6.92 Å². The number of hydrogen-bond acceptors (Lipinski definition) is 2. The third-order valence-corrected chi connectivity index (χ3v) is 3.35. The van der Waals surface area contributed by atoms with Crippen molar-refractivity contribution in [2.45, 2.75) is 13.5 Å². The number of hydrogen-bond donors (Lipinski definition) is 2. The smallest absolute Gasteiger partial charge is 0.337 e. The fourth-order valence-electron chi connectivity index (χ4n) is 1.93. The van der Waals surface area contributed by atoms with Crippen LogP contribution < -0.4 is 5.32 Å². The van der Waals surface area contributed by atoms with Crippen molar-refractivity contribution in [3.8, 4) is 0 Å². The number of carbonyl (C=O) groups is 2. The van der Waals surface area contributed by atoms with Crippen LogP contribution in [0.5, 0.6) is 0 Å². The van der Waals surface area contributed by atoms with Gasteiger partial charge in [0.05, 0.1) is 11.3 Å². The van der Waals surface area contributed by atoms with Gasteiger partial charge in [-0.15, -0.1) is 0 Å². The molecule has 0 saturated heterocycles. The standard InChI is InChI=1S/C14H12BrFN2O3/c1-2-18-7-8(15)6-11(18)13(19)17-12-9(14(20)21)4-3-5-10(12)16/h3-7H,2H2,1H3,(H,17,19)(H,20,21). The van der Waals surface area contributed by atoms with E-state index in [1.54, 1.807) is 16.8 Å². The number of amides is 1. The summed E-state index contributed by atoms with van der Waals surface area (Å²) < 4.78 is 16.2. The minimum atomic E-state index is -1.31. The van der Waals surface area contributed by atoms with Crippen molar-refractivity contribution in [3.05, 3.63) is 52.0 Å². The second-order valence-electron chi connectivity index (χ2n) is 4.25. The second-order valence-corrected chi connectivity index (χ2v) is 5.17. The van der Waals surface area contributed by atoms with Gasteiger partial charge in [-0.2, -0.15) is 0 Å². The molecule has 0 aliphatic heterocycles. The van der Waals surface area contributed by atoms with E-state index >= 15 is 0 Å². The van der Waals surface area contributed by atoms with Crippen molar-refractivity contribution in [2.75, 3.05) is 5.32 Å². The average molecular weight is 355 g/mol. The van der Waals surface area contributed by atoms with Crippen molar-refractivity contribution < 1.29 is 19.1 Å². The maximum atomic E-state index is 13.8. The Morgan fingerprint density at radius 3 is 2.76 bits per heavy atom. The highest BCUT2D eigenvalue weighted by atomic mass is 79.9. The van der Waals surface area contributed by atoms with Crippen LogP contribution in [0.25, 0.3) is 0 Å². The number of aryl methyl sites for hydroxylation is 1. The van der Waals surface area contributed by atoms with Crippen LogP contribution in [0.2, 0.25) is 0 Å². The molecule has 2 N–H and O–H groups in total. The first-order chi connectivity index (χ1) is 9.93. The summed E-state index contributed by atoms with van der Waals surface area (Å²) in [4.78, 5) is 23.3. The quantitative estimate of drug-likeness (QED) is 0.884. The summed E-state index contributed by atoms with van der Waals surface area (Å²) in [7, 11) is 0. The van der Waals surface area contributed by atoms with Crippen molar-refractivity contribution in [2.24, 2.45) is 0 Å². The van der Waals surface area contributed by atoms with E-state index in [9.17, 15) is 14.0 Å². The Morgan fingerprint density at radius 2 is 2.14 bits per heavy atom. The fourth-order valence-corrected chi connectivity index (χ4v) is 2.40. The van der Waals surface area contributed by atoms with Gasteiger partial charge in [0.2, 0.25) is 0 Å². The molecule has 0 aliphatic carbocycles. The van der Waals surface area contributed by atoms with Gasteiger partial charge in [-0.25, -0.2) is 9.18 Å². The molecule has 0 fully saturated rings. The van der Waals surface area contributed by atoms with E-state index in [-0.39, 0.29) is 11.3 Å². The lowest BCUT2D eigenvalue weighted by atomic mass is 10.1. The minimum absolute atomic E-state index is 0.294. The van der Waals surface area contributed by atoms with Crippen LogP contribution in [-0.4, -0.2) is 21.6 Å². The van der Waals surface area contributed by atoms with Crippen LogP contribution in [0.1, 0.15) is 27.8 Å². The Labute approximate surface area is 128 Å². The van der Waals surface area contributed by atoms with Crippen molar-refractivity contribution in [3.63, 3.8) is 0 Å². The van der Waals surface area contributed by atoms with Gasteiger partial charge >= 0.3 is 5.97 Å². The third-order valence-electron chi connectivity index (χ3n) is 2.92. The maximum Gasteiger partial charge on any atom is 0.337 e. The van der Waals surface area contributed by atoms with E-state index in [0.717, 1.165) is 6.07 Å². The molecule has 1 amide bonds. The van der Waals surface area contributed by atoms with E-state index in [4.69, 9.17) is 5.11 Å². The Hall–Kier alpha value is -2.15. The van der Waals surface area contributed by atoms with Crippen LogP contribution >= 0.6 is 15.9 Å². The Kier molecular flexibility index (Phi) is 4.42. The Balaban J connectivity index is 2.38. The molecule has 0 radical (unpaired) electrons. The molecule has 1 aromatic heterocycles. The maximum absolute atomic E-state index is 13.8. The fraction of sp³-hybridized carbons (Fsp3) is 0.143. The van der Waals surface area contributed by atoms with Gasteiger partial charge in [0.25, 0.3) is 5.91 Å². The van der Waals surface area contributed by atoms with Gasteiger partial charge in [-0.3, -0.25) is 4.79 Å². The largest absolute Gasteiger partial charge is 0.478 e. The molecule has 110 valence electrons. The second kappa shape index (κ2) is 6.09. The van der Waals surface area contributed by atoms with Gasteiger partial charge in [-0.05, 0) is 41.1 Å². The number of rotatable bonds is 4. The molecule has 0 saturated carbocycles. The number of benzene rings is 1. The van der Waals surface area contributed by atoms with Crippen molar-refractivity contribution >= 4 is 33.5 Å². The molecule has 5 nitrogen and oxygen atoms in total. The first-order valence-electron chi connectivity index (χ1n) is 6.13. The number of aromatic nitrogens is 1. The molecule has 0 atom stereocenters. The Morgan fingerprint density at radius 1 is 1.43 bits per heavy atom. The van der Waals surface area contributed by atoms with Gasteiger partial charge in [0, 0.05) is 17.2 Å². The Bertz CT molecular complexity index is 712. The number of carboxylic acids is 1. The lowest BCUT2D eigenvalue weighted by Gasteiger charge is -2.10. The molecule has 1 heterocycles. The number of carbonyl (C=O) groups excluding carboxylic acids is 1. The lowest BCUT2D eigenvalue weighted by molar-refractivity contribution is 0.0697. The highest BCUT2D eigenvalue weighted by molar-refractivity contribution is 9.10. The highest BCUT2D eigenvalue weighted by Crippen LogP contribution is 2.22. The van der Waals surface area contributed by atoms with Crippen LogP contribution in [0, 0.1) is 5.82 Å². The number of aromatic carboxylic acids is 1. The minimum Gasteiger partial charge on any atom is -0.478 e. The predicted molar refractivity (Wildman–Crippen MR) is 79.1 cm³/mol. The molecule has 0 spiro atoms. The molecule has 2 rings (SSSR count). The number of nitrogens with one attached hydrogen (secondary N) is 1. The van der Waals surface area contributed by atoms with E-state index in [2.05, 4.69) is 21.2 Å². The summed E-state index contributed by atoms with van der Waals surface area (Å²) in [5.74, 6) is -2.68. The van der Waals surface area contributed by atoms with Crippen LogP contribution in [0.4, 0.5) is 10.1 Å². The molecule has 1 aromatic carbocycles. The van der Waals surface area contributed by atoms with Crippen LogP contribution in [-0.2, 0) is 6.54 Å². The predicted octanol–water partition coefficient (Wildman–Crippen LogP) is 3.36. The summed E-state index contributed by atoms with van der Waals surface area (Å²) in [5, 5.41) is 11.4. The zero-order valence-corrected chi connectivity index (χ0v) is 12.6. The van der Waals surface area contributed by atoms with E-state index < -0.39 is 17.7 Å².